The van der Waals surface area contributed by atoms with Gasteiger partial charge in [0.05, 0.1) is 23.9 Å². The Kier molecular flexibility index (Phi) is 4.24. The Hall–Kier alpha value is -2.48. The highest BCUT2D eigenvalue weighted by atomic mass is 16.5. The second kappa shape index (κ2) is 6.33. The molecule has 2 aromatic rings. The molecule has 0 aliphatic carbocycles. The van der Waals surface area contributed by atoms with Crippen molar-refractivity contribution in [2.45, 2.75) is 25.5 Å². The molecule has 1 amide bonds. The number of carbonyl (C=O) groups excluding carboxylic acids is 1. The first-order valence-electron chi connectivity index (χ1n) is 7.42. The summed E-state index contributed by atoms with van der Waals surface area (Å²) in [7, 11) is 1.62. The van der Waals surface area contributed by atoms with E-state index >= 15 is 0 Å². The molecule has 1 fully saturated rings. The summed E-state index contributed by atoms with van der Waals surface area (Å²) in [6, 6.07) is 3.34. The molecule has 0 unspecified atom stereocenters. The number of hydrogen-bond donors (Lipinski definition) is 1. The number of pyridine rings is 1. The number of nitrogens with one attached hydrogen (secondary N) is 1. The van der Waals surface area contributed by atoms with Gasteiger partial charge in [0.1, 0.15) is 6.54 Å². The third-order valence-corrected chi connectivity index (χ3v) is 4.19. The van der Waals surface area contributed by atoms with Gasteiger partial charge < -0.3 is 14.2 Å². The van der Waals surface area contributed by atoms with Crippen molar-refractivity contribution < 1.29 is 9.53 Å². The summed E-state index contributed by atoms with van der Waals surface area (Å²) in [4.78, 5) is 26.1. The largest absolute Gasteiger partial charge is 0.379 e. The van der Waals surface area contributed by atoms with Crippen LogP contribution in [0.1, 0.15) is 17.2 Å². The van der Waals surface area contributed by atoms with E-state index in [-0.39, 0.29) is 30.0 Å². The van der Waals surface area contributed by atoms with Crippen LogP contribution in [0.2, 0.25) is 0 Å². The number of aromatic nitrogens is 4. The van der Waals surface area contributed by atoms with Crippen LogP contribution < -0.4 is 5.56 Å². The maximum atomic E-state index is 12.5. The SMILES string of the molecule is CO[C@@H]1CN(C(=O)Cn2ccc(C)cc2=O)C[C@H]1c1cn[nH]n1. The topological polar surface area (TPSA) is 93.1 Å². The van der Waals surface area contributed by atoms with Crippen LogP contribution in [-0.2, 0) is 16.1 Å². The van der Waals surface area contributed by atoms with Crippen LogP contribution in [0.25, 0.3) is 0 Å². The highest BCUT2D eigenvalue weighted by Crippen LogP contribution is 2.27. The molecule has 8 nitrogen and oxygen atoms in total. The fourth-order valence-electron chi connectivity index (χ4n) is 2.87. The molecule has 1 aliphatic heterocycles. The lowest BCUT2D eigenvalue weighted by Crippen LogP contribution is -2.35. The lowest BCUT2D eigenvalue weighted by molar-refractivity contribution is -0.131. The average Bonchev–Trinajstić information content (AvgIpc) is 3.17. The van der Waals surface area contributed by atoms with Crippen LogP contribution in [-0.4, -0.2) is 57.1 Å². The van der Waals surface area contributed by atoms with Gasteiger partial charge in [-0.1, -0.05) is 0 Å². The number of carbonyl (C=O) groups is 1. The molecule has 8 heteroatoms. The van der Waals surface area contributed by atoms with Gasteiger partial charge in [0, 0.05) is 32.5 Å². The van der Waals surface area contributed by atoms with E-state index in [2.05, 4.69) is 15.4 Å². The van der Waals surface area contributed by atoms with Gasteiger partial charge in [0.2, 0.25) is 5.91 Å². The van der Waals surface area contributed by atoms with Crippen molar-refractivity contribution >= 4 is 5.91 Å². The van der Waals surface area contributed by atoms with Crippen molar-refractivity contribution in [3.63, 3.8) is 0 Å². The molecule has 1 aliphatic rings. The number of aryl methyl sites for hydroxylation is 1. The first-order chi connectivity index (χ1) is 11.1. The van der Waals surface area contributed by atoms with Crippen molar-refractivity contribution in [1.82, 2.24) is 24.9 Å². The van der Waals surface area contributed by atoms with E-state index in [1.54, 1.807) is 24.4 Å². The van der Waals surface area contributed by atoms with Crippen LogP contribution in [0.4, 0.5) is 0 Å². The zero-order valence-electron chi connectivity index (χ0n) is 13.1. The molecule has 0 saturated carbocycles. The molecule has 0 radical (unpaired) electrons. The predicted molar refractivity (Wildman–Crippen MR) is 81.9 cm³/mol. The van der Waals surface area contributed by atoms with Crippen LogP contribution in [0, 0.1) is 6.92 Å². The molecule has 2 aromatic heterocycles. The molecule has 0 spiro atoms. The van der Waals surface area contributed by atoms with Crippen LogP contribution in [0.3, 0.4) is 0 Å². The highest BCUT2D eigenvalue weighted by molar-refractivity contribution is 5.76. The fraction of sp³-hybridized carbons (Fsp3) is 0.467. The highest BCUT2D eigenvalue weighted by Gasteiger charge is 2.37. The van der Waals surface area contributed by atoms with Gasteiger partial charge >= 0.3 is 0 Å². The van der Waals surface area contributed by atoms with Gasteiger partial charge in [-0.05, 0) is 18.6 Å². The van der Waals surface area contributed by atoms with Gasteiger partial charge in [-0.3, -0.25) is 9.59 Å². The molecule has 0 bridgehead atoms. The molecule has 3 rings (SSSR count). The van der Waals surface area contributed by atoms with Gasteiger partial charge in [-0.15, -0.1) is 0 Å². The van der Waals surface area contributed by atoms with Gasteiger partial charge in [0.25, 0.3) is 5.56 Å². The summed E-state index contributed by atoms with van der Waals surface area (Å²) in [5, 5.41) is 10.5. The number of hydrogen-bond acceptors (Lipinski definition) is 5. The van der Waals surface area contributed by atoms with Crippen molar-refractivity contribution in [2.24, 2.45) is 0 Å². The monoisotopic (exact) mass is 317 g/mol. The fourth-order valence-corrected chi connectivity index (χ4v) is 2.87. The Morgan fingerprint density at radius 1 is 1.48 bits per heavy atom. The second-order valence-electron chi connectivity index (χ2n) is 5.74. The van der Waals surface area contributed by atoms with E-state index < -0.39 is 0 Å². The molecule has 122 valence electrons. The third kappa shape index (κ3) is 3.16. The van der Waals surface area contributed by atoms with Gasteiger partial charge in [-0.25, -0.2) is 0 Å². The molecule has 23 heavy (non-hydrogen) atoms. The Balaban J connectivity index is 1.72. The Morgan fingerprint density at radius 2 is 2.30 bits per heavy atom. The van der Waals surface area contributed by atoms with Crippen molar-refractivity contribution in [3.8, 4) is 0 Å². The maximum absolute atomic E-state index is 12.5. The first-order valence-corrected chi connectivity index (χ1v) is 7.42. The minimum atomic E-state index is -0.172. The number of nitrogens with zero attached hydrogens (tertiary/aromatic N) is 4. The summed E-state index contributed by atoms with van der Waals surface area (Å²) >= 11 is 0. The molecule has 3 heterocycles. The first kappa shape index (κ1) is 15.4. The lowest BCUT2D eigenvalue weighted by Gasteiger charge is -2.16. The minimum absolute atomic E-state index is 0.0163. The average molecular weight is 317 g/mol. The normalized spacial score (nSPS) is 20.9. The summed E-state index contributed by atoms with van der Waals surface area (Å²) in [6.07, 6.45) is 3.17. The standard InChI is InChI=1S/C15H19N5O3/c1-10-3-4-19(14(21)5-10)9-15(22)20-7-11(13(8-20)23-2)12-6-16-18-17-12/h3-6,11,13H,7-9H2,1-2H3,(H,16,17,18)/t11-,13+/m0/s1. The number of rotatable bonds is 4. The van der Waals surface area contributed by atoms with Crippen LogP contribution in [0.15, 0.2) is 29.3 Å². The summed E-state index contributed by atoms with van der Waals surface area (Å²) in [5.41, 5.74) is 1.49. The second-order valence-corrected chi connectivity index (χ2v) is 5.74. The summed E-state index contributed by atoms with van der Waals surface area (Å²) < 4.78 is 6.89. The van der Waals surface area contributed by atoms with Gasteiger partial charge in [-0.2, -0.15) is 15.4 Å². The zero-order chi connectivity index (χ0) is 16.4. The number of aromatic amines is 1. The van der Waals surface area contributed by atoms with Gasteiger partial charge in [0.15, 0.2) is 0 Å². The Morgan fingerprint density at radius 3 is 2.96 bits per heavy atom. The maximum Gasteiger partial charge on any atom is 0.251 e. The van der Waals surface area contributed by atoms with E-state index in [0.29, 0.717) is 13.1 Å². The number of amides is 1. The number of methoxy groups -OCH3 is 1. The Labute approximate surface area is 133 Å². The van der Waals surface area contributed by atoms with Crippen molar-refractivity contribution in [2.75, 3.05) is 20.2 Å². The van der Waals surface area contributed by atoms with Crippen molar-refractivity contribution in [3.05, 3.63) is 46.1 Å². The van der Waals surface area contributed by atoms with E-state index in [9.17, 15) is 9.59 Å². The van der Waals surface area contributed by atoms with Crippen molar-refractivity contribution in [1.29, 1.82) is 0 Å². The number of likely N-dealkylation sites (tertiary alicyclic amines) is 1. The van der Waals surface area contributed by atoms with E-state index in [1.807, 2.05) is 13.0 Å². The van der Waals surface area contributed by atoms with Crippen LogP contribution in [0.5, 0.6) is 0 Å². The van der Waals surface area contributed by atoms with E-state index in [0.717, 1.165) is 11.3 Å². The summed E-state index contributed by atoms with van der Waals surface area (Å²) in [5.74, 6) is -0.124. The Bertz CT molecular complexity index is 740. The molecule has 1 saturated heterocycles. The summed E-state index contributed by atoms with van der Waals surface area (Å²) in [6.45, 7) is 2.86. The molecule has 0 aromatic carbocycles. The minimum Gasteiger partial charge on any atom is -0.379 e. The number of ether oxygens (including phenoxy) is 1. The smallest absolute Gasteiger partial charge is 0.251 e. The van der Waals surface area contributed by atoms with E-state index in [1.165, 1.54) is 10.6 Å². The van der Waals surface area contributed by atoms with Crippen LogP contribution >= 0.6 is 0 Å². The molecular weight excluding hydrogens is 298 g/mol. The van der Waals surface area contributed by atoms with E-state index in [4.69, 9.17) is 4.74 Å². The molecule has 1 N–H and O–H groups in total. The predicted octanol–water partition coefficient (Wildman–Crippen LogP) is -0.0842. The lowest BCUT2D eigenvalue weighted by atomic mass is 10.0. The quantitative estimate of drug-likeness (QED) is 0.851. The number of H-pyrrole nitrogens is 1. The molecule has 2 atom stereocenters. The zero-order valence-corrected chi connectivity index (χ0v) is 13.1. The third-order valence-electron chi connectivity index (χ3n) is 4.19. The molecular formula is C15H19N5O3.